The second-order valence-electron chi connectivity index (χ2n) is 5.12. The summed E-state index contributed by atoms with van der Waals surface area (Å²) in [6, 6.07) is 3.81. The highest BCUT2D eigenvalue weighted by molar-refractivity contribution is 5.96. The van der Waals surface area contributed by atoms with E-state index < -0.39 is 17.2 Å². The molecule has 0 aliphatic carbocycles. The third-order valence-corrected chi connectivity index (χ3v) is 2.40. The first-order valence-corrected chi connectivity index (χ1v) is 6.04. The number of halogens is 1. The van der Waals surface area contributed by atoms with Crippen LogP contribution in [0.5, 0.6) is 0 Å². The SMILES string of the molecule is CCOC(=O)c1cc(NC(=O)C(C)(C)C)ccc1F. The number of benzene rings is 1. The van der Waals surface area contributed by atoms with Crippen molar-refractivity contribution in [2.75, 3.05) is 11.9 Å². The highest BCUT2D eigenvalue weighted by atomic mass is 19.1. The molecule has 0 aliphatic heterocycles. The van der Waals surface area contributed by atoms with Gasteiger partial charge in [-0.05, 0) is 25.1 Å². The lowest BCUT2D eigenvalue weighted by molar-refractivity contribution is -0.123. The van der Waals surface area contributed by atoms with Crippen LogP contribution in [0, 0.1) is 11.2 Å². The fraction of sp³-hybridized carbons (Fsp3) is 0.429. The fourth-order valence-corrected chi connectivity index (χ4v) is 1.29. The van der Waals surface area contributed by atoms with Gasteiger partial charge in [0.25, 0.3) is 0 Å². The van der Waals surface area contributed by atoms with Gasteiger partial charge < -0.3 is 10.1 Å². The van der Waals surface area contributed by atoms with Crippen molar-refractivity contribution in [3.8, 4) is 0 Å². The lowest BCUT2D eigenvalue weighted by Crippen LogP contribution is -2.27. The zero-order chi connectivity index (χ0) is 14.6. The van der Waals surface area contributed by atoms with Gasteiger partial charge in [0.15, 0.2) is 0 Å². The Bertz CT molecular complexity index is 492. The molecule has 0 heterocycles. The van der Waals surface area contributed by atoms with Crippen LogP contribution >= 0.6 is 0 Å². The van der Waals surface area contributed by atoms with Crippen LogP contribution in [0.15, 0.2) is 18.2 Å². The monoisotopic (exact) mass is 267 g/mol. The maximum absolute atomic E-state index is 13.5. The summed E-state index contributed by atoms with van der Waals surface area (Å²) in [5.74, 6) is -1.63. The van der Waals surface area contributed by atoms with Crippen molar-refractivity contribution in [3.63, 3.8) is 0 Å². The minimum absolute atomic E-state index is 0.164. The predicted molar refractivity (Wildman–Crippen MR) is 70.4 cm³/mol. The first-order chi connectivity index (χ1) is 8.75. The second-order valence-corrected chi connectivity index (χ2v) is 5.12. The molecule has 5 heteroatoms. The zero-order valence-electron chi connectivity index (χ0n) is 11.5. The molecular weight excluding hydrogens is 249 g/mol. The van der Waals surface area contributed by atoms with Crippen LogP contribution in [0.25, 0.3) is 0 Å². The number of hydrogen-bond acceptors (Lipinski definition) is 3. The summed E-state index contributed by atoms with van der Waals surface area (Å²) in [6.45, 7) is 7.09. The molecule has 1 amide bonds. The Morgan fingerprint density at radius 3 is 2.47 bits per heavy atom. The summed E-state index contributed by atoms with van der Waals surface area (Å²) < 4.78 is 18.2. The van der Waals surface area contributed by atoms with E-state index in [0.717, 1.165) is 6.07 Å². The zero-order valence-corrected chi connectivity index (χ0v) is 11.5. The van der Waals surface area contributed by atoms with Crippen molar-refractivity contribution in [2.45, 2.75) is 27.7 Å². The number of carbonyl (C=O) groups is 2. The minimum atomic E-state index is -0.744. The predicted octanol–water partition coefficient (Wildman–Crippen LogP) is 2.99. The van der Waals surface area contributed by atoms with Crippen LogP contribution in [-0.2, 0) is 9.53 Å². The Labute approximate surface area is 112 Å². The Morgan fingerprint density at radius 2 is 1.95 bits per heavy atom. The lowest BCUT2D eigenvalue weighted by atomic mass is 9.95. The molecule has 104 valence electrons. The van der Waals surface area contributed by atoms with Crippen molar-refractivity contribution in [2.24, 2.45) is 5.41 Å². The summed E-state index contributed by atoms with van der Waals surface area (Å²) in [6.07, 6.45) is 0. The summed E-state index contributed by atoms with van der Waals surface area (Å²) >= 11 is 0. The minimum Gasteiger partial charge on any atom is -0.462 e. The van der Waals surface area contributed by atoms with Gasteiger partial charge >= 0.3 is 5.97 Å². The molecule has 1 aromatic carbocycles. The Hall–Kier alpha value is -1.91. The van der Waals surface area contributed by atoms with Gasteiger partial charge in [-0.2, -0.15) is 0 Å². The molecule has 1 N–H and O–H groups in total. The van der Waals surface area contributed by atoms with Crippen LogP contribution in [0.1, 0.15) is 38.1 Å². The molecule has 0 aliphatic rings. The van der Waals surface area contributed by atoms with Gasteiger partial charge in [0.2, 0.25) is 5.91 Å². The van der Waals surface area contributed by atoms with Crippen molar-refractivity contribution >= 4 is 17.6 Å². The standard InChI is InChI=1S/C14H18FNO3/c1-5-19-12(17)10-8-9(6-7-11(10)15)16-13(18)14(2,3)4/h6-8H,5H2,1-4H3,(H,16,18). The molecule has 4 nitrogen and oxygen atoms in total. The van der Waals surface area contributed by atoms with Crippen molar-refractivity contribution in [3.05, 3.63) is 29.6 Å². The maximum atomic E-state index is 13.5. The van der Waals surface area contributed by atoms with E-state index in [9.17, 15) is 14.0 Å². The average Bonchev–Trinajstić information content (AvgIpc) is 2.30. The van der Waals surface area contributed by atoms with Crippen molar-refractivity contribution in [1.29, 1.82) is 0 Å². The van der Waals surface area contributed by atoms with E-state index in [0.29, 0.717) is 5.69 Å². The van der Waals surface area contributed by atoms with E-state index in [1.165, 1.54) is 12.1 Å². The quantitative estimate of drug-likeness (QED) is 0.856. The van der Waals surface area contributed by atoms with E-state index in [2.05, 4.69) is 5.32 Å². The largest absolute Gasteiger partial charge is 0.462 e. The highest BCUT2D eigenvalue weighted by Gasteiger charge is 2.22. The molecule has 0 fully saturated rings. The second kappa shape index (κ2) is 5.82. The van der Waals surface area contributed by atoms with Gasteiger partial charge in [0.1, 0.15) is 5.82 Å². The van der Waals surface area contributed by atoms with E-state index in [1.54, 1.807) is 27.7 Å². The van der Waals surface area contributed by atoms with Gasteiger partial charge in [-0.3, -0.25) is 4.79 Å². The number of ether oxygens (including phenoxy) is 1. The molecular formula is C14H18FNO3. The van der Waals surface area contributed by atoms with Gasteiger partial charge in [-0.25, -0.2) is 9.18 Å². The summed E-state index contributed by atoms with van der Waals surface area (Å²) in [7, 11) is 0. The van der Waals surface area contributed by atoms with Crippen LogP contribution in [0.2, 0.25) is 0 Å². The van der Waals surface area contributed by atoms with Crippen molar-refractivity contribution < 1.29 is 18.7 Å². The molecule has 0 atom stereocenters. The first-order valence-electron chi connectivity index (χ1n) is 6.04. The summed E-state index contributed by atoms with van der Waals surface area (Å²) in [5.41, 5.74) is -0.392. The molecule has 1 rings (SSSR count). The topological polar surface area (TPSA) is 55.4 Å². The van der Waals surface area contributed by atoms with E-state index in [-0.39, 0.29) is 18.1 Å². The lowest BCUT2D eigenvalue weighted by Gasteiger charge is -2.18. The number of nitrogens with one attached hydrogen (secondary N) is 1. The van der Waals surface area contributed by atoms with E-state index in [4.69, 9.17) is 4.74 Å². The molecule has 0 unspecified atom stereocenters. The third kappa shape index (κ3) is 4.05. The Balaban J connectivity index is 2.97. The summed E-state index contributed by atoms with van der Waals surface area (Å²) in [5, 5.41) is 2.63. The number of carbonyl (C=O) groups excluding carboxylic acids is 2. The third-order valence-electron chi connectivity index (χ3n) is 2.40. The van der Waals surface area contributed by atoms with Gasteiger partial charge in [0, 0.05) is 11.1 Å². The Kier molecular flexibility index (Phi) is 4.64. The number of anilines is 1. The van der Waals surface area contributed by atoms with Crippen molar-refractivity contribution in [1.82, 2.24) is 0 Å². The molecule has 0 aromatic heterocycles. The van der Waals surface area contributed by atoms with Crippen LogP contribution < -0.4 is 5.32 Å². The maximum Gasteiger partial charge on any atom is 0.341 e. The Morgan fingerprint density at radius 1 is 1.32 bits per heavy atom. The normalized spacial score (nSPS) is 11.0. The molecule has 1 aromatic rings. The summed E-state index contributed by atoms with van der Waals surface area (Å²) in [4.78, 5) is 23.3. The number of amides is 1. The van der Waals surface area contributed by atoms with E-state index >= 15 is 0 Å². The highest BCUT2D eigenvalue weighted by Crippen LogP contribution is 2.20. The average molecular weight is 267 g/mol. The first kappa shape index (κ1) is 15.1. The number of hydrogen-bond donors (Lipinski definition) is 1. The molecule has 0 saturated carbocycles. The van der Waals surface area contributed by atoms with E-state index in [1.807, 2.05) is 0 Å². The fourth-order valence-electron chi connectivity index (χ4n) is 1.29. The number of esters is 1. The van der Waals surface area contributed by atoms with Crippen LogP contribution in [0.4, 0.5) is 10.1 Å². The molecule has 0 bridgehead atoms. The van der Waals surface area contributed by atoms with Gasteiger partial charge in [-0.15, -0.1) is 0 Å². The number of rotatable bonds is 3. The van der Waals surface area contributed by atoms with Crippen LogP contribution in [0.3, 0.4) is 0 Å². The molecule has 0 saturated heterocycles. The smallest absolute Gasteiger partial charge is 0.341 e. The molecule has 0 spiro atoms. The van der Waals surface area contributed by atoms with Crippen LogP contribution in [-0.4, -0.2) is 18.5 Å². The molecule has 0 radical (unpaired) electrons. The van der Waals surface area contributed by atoms with Gasteiger partial charge in [-0.1, -0.05) is 20.8 Å². The van der Waals surface area contributed by atoms with Gasteiger partial charge in [0.05, 0.1) is 12.2 Å². The molecule has 19 heavy (non-hydrogen) atoms.